The van der Waals surface area contributed by atoms with Gasteiger partial charge in [-0.25, -0.2) is 0 Å². The largest absolute Gasteiger partial charge is 0.294 e. The smallest absolute Gasteiger partial charge is 0.170 e. The molecule has 0 heterocycles. The number of Topliss-reactive ketones (excluding diaryl/α,β-unsaturated/α-hetero) is 1. The topological polar surface area (TPSA) is 17.1 Å². The van der Waals surface area contributed by atoms with E-state index in [1.165, 1.54) is 0 Å². The van der Waals surface area contributed by atoms with Crippen LogP contribution in [0.25, 0.3) is 0 Å². The van der Waals surface area contributed by atoms with Gasteiger partial charge in [0.1, 0.15) is 0 Å². The second kappa shape index (κ2) is 5.28. The third-order valence-corrected chi connectivity index (χ3v) is 3.55. The van der Waals surface area contributed by atoms with Crippen molar-refractivity contribution >= 4 is 21.7 Å². The van der Waals surface area contributed by atoms with E-state index in [0.29, 0.717) is 0 Å². The molecule has 86 valence electrons. The molecule has 0 bridgehead atoms. The van der Waals surface area contributed by atoms with Gasteiger partial charge in [-0.3, -0.25) is 4.79 Å². The minimum atomic E-state index is -0.132. The van der Waals surface area contributed by atoms with Crippen LogP contribution in [-0.4, -0.2) is 5.78 Å². The van der Waals surface area contributed by atoms with E-state index in [9.17, 15) is 4.79 Å². The fourth-order valence-electron chi connectivity index (χ4n) is 1.82. The summed E-state index contributed by atoms with van der Waals surface area (Å²) in [7, 11) is 0. The van der Waals surface area contributed by atoms with E-state index >= 15 is 0 Å². The summed E-state index contributed by atoms with van der Waals surface area (Å²) < 4.78 is 0.983. The van der Waals surface area contributed by atoms with Crippen molar-refractivity contribution in [1.29, 1.82) is 0 Å². The Kier molecular flexibility index (Phi) is 3.75. The van der Waals surface area contributed by atoms with Gasteiger partial charge in [0.2, 0.25) is 0 Å². The summed E-state index contributed by atoms with van der Waals surface area (Å²) in [6, 6.07) is 17.3. The molecule has 2 aromatic rings. The van der Waals surface area contributed by atoms with E-state index < -0.39 is 0 Å². The Bertz CT molecular complexity index is 519. The highest BCUT2D eigenvalue weighted by Gasteiger charge is 2.18. The molecule has 0 aromatic heterocycles. The van der Waals surface area contributed by atoms with Crippen LogP contribution in [0.4, 0.5) is 0 Å². The Hall–Kier alpha value is -1.41. The summed E-state index contributed by atoms with van der Waals surface area (Å²) in [6.07, 6.45) is 0. The van der Waals surface area contributed by atoms with Gasteiger partial charge < -0.3 is 0 Å². The quantitative estimate of drug-likeness (QED) is 0.764. The molecule has 0 spiro atoms. The fraction of sp³-hybridized carbons (Fsp3) is 0.133. The molecule has 0 saturated carbocycles. The maximum atomic E-state index is 12.3. The van der Waals surface area contributed by atoms with Crippen molar-refractivity contribution in [1.82, 2.24) is 0 Å². The molecule has 2 heteroatoms. The highest BCUT2D eigenvalue weighted by molar-refractivity contribution is 9.10. The second-order valence-corrected chi connectivity index (χ2v) is 4.83. The number of ketones is 1. The molecule has 2 aromatic carbocycles. The summed E-state index contributed by atoms with van der Waals surface area (Å²) in [5.74, 6) is 0.0190. The molecule has 17 heavy (non-hydrogen) atoms. The van der Waals surface area contributed by atoms with E-state index in [1.54, 1.807) is 0 Å². The zero-order chi connectivity index (χ0) is 12.3. The Morgan fingerprint density at radius 1 is 1.00 bits per heavy atom. The summed E-state index contributed by atoms with van der Waals surface area (Å²) in [5.41, 5.74) is 1.79. The number of hydrogen-bond acceptors (Lipinski definition) is 1. The predicted molar refractivity (Wildman–Crippen MR) is 73.3 cm³/mol. The lowest BCUT2D eigenvalue weighted by Crippen LogP contribution is -2.09. The molecule has 1 atom stereocenters. The van der Waals surface area contributed by atoms with Crippen molar-refractivity contribution in [2.24, 2.45) is 0 Å². The number of carbonyl (C=O) groups excluding carboxylic acids is 1. The number of rotatable bonds is 3. The average molecular weight is 289 g/mol. The maximum Gasteiger partial charge on any atom is 0.170 e. The van der Waals surface area contributed by atoms with Crippen LogP contribution >= 0.6 is 15.9 Å². The Labute approximate surface area is 110 Å². The summed E-state index contributed by atoms with van der Waals surface area (Å²) in [6.45, 7) is 1.94. The summed E-state index contributed by atoms with van der Waals surface area (Å²) >= 11 is 3.49. The van der Waals surface area contributed by atoms with Gasteiger partial charge >= 0.3 is 0 Å². The van der Waals surface area contributed by atoms with E-state index in [1.807, 2.05) is 61.5 Å². The van der Waals surface area contributed by atoms with Gasteiger partial charge in [0, 0.05) is 16.0 Å². The summed E-state index contributed by atoms with van der Waals surface area (Å²) in [4.78, 5) is 12.3. The molecular weight excluding hydrogens is 276 g/mol. The van der Waals surface area contributed by atoms with Gasteiger partial charge in [-0.15, -0.1) is 0 Å². The molecule has 0 fully saturated rings. The monoisotopic (exact) mass is 288 g/mol. The first-order valence-corrected chi connectivity index (χ1v) is 6.33. The predicted octanol–water partition coefficient (Wildman–Crippen LogP) is 4.44. The fourth-order valence-corrected chi connectivity index (χ4v) is 2.45. The molecule has 0 aliphatic heterocycles. The second-order valence-electron chi connectivity index (χ2n) is 3.97. The molecule has 0 aliphatic rings. The lowest BCUT2D eigenvalue weighted by molar-refractivity contribution is 0.0966. The van der Waals surface area contributed by atoms with E-state index in [4.69, 9.17) is 0 Å². The van der Waals surface area contributed by atoms with Crippen LogP contribution in [0, 0.1) is 0 Å². The Balaban J connectivity index is 2.30. The maximum absolute atomic E-state index is 12.3. The van der Waals surface area contributed by atoms with Crippen LogP contribution < -0.4 is 0 Å². The zero-order valence-electron chi connectivity index (χ0n) is 9.56. The number of halogens is 1. The van der Waals surface area contributed by atoms with Crippen molar-refractivity contribution in [2.75, 3.05) is 0 Å². The highest BCUT2D eigenvalue weighted by atomic mass is 79.9. The van der Waals surface area contributed by atoms with Crippen molar-refractivity contribution in [3.8, 4) is 0 Å². The number of carbonyl (C=O) groups is 1. The molecule has 0 amide bonds. The lowest BCUT2D eigenvalue weighted by atomic mass is 9.92. The first-order valence-electron chi connectivity index (χ1n) is 5.54. The van der Waals surface area contributed by atoms with Crippen LogP contribution in [0.1, 0.15) is 28.8 Å². The van der Waals surface area contributed by atoms with E-state index in [2.05, 4.69) is 15.9 Å². The van der Waals surface area contributed by atoms with Gasteiger partial charge in [-0.05, 0) is 11.6 Å². The number of hydrogen-bond donors (Lipinski definition) is 0. The normalized spacial score (nSPS) is 12.1. The average Bonchev–Trinajstić information content (AvgIpc) is 2.39. The van der Waals surface area contributed by atoms with E-state index in [-0.39, 0.29) is 11.7 Å². The molecule has 1 unspecified atom stereocenters. The van der Waals surface area contributed by atoms with Gasteiger partial charge in [0.15, 0.2) is 5.78 Å². The van der Waals surface area contributed by atoms with Gasteiger partial charge in [0.25, 0.3) is 0 Å². The van der Waals surface area contributed by atoms with E-state index in [0.717, 1.165) is 15.6 Å². The SMILES string of the molecule is CC(C(=O)c1ccccc1)c1ccccc1Br. The van der Waals surface area contributed by atoms with Crippen molar-refractivity contribution in [2.45, 2.75) is 12.8 Å². The molecule has 0 N–H and O–H groups in total. The molecular formula is C15H13BrO. The van der Waals surface area contributed by atoms with Gasteiger partial charge in [-0.2, -0.15) is 0 Å². The standard InChI is InChI=1S/C15H13BrO/c1-11(13-9-5-6-10-14(13)16)15(17)12-7-3-2-4-8-12/h2-11H,1H3. The van der Waals surface area contributed by atoms with Crippen molar-refractivity contribution < 1.29 is 4.79 Å². The first kappa shape index (κ1) is 12.1. The van der Waals surface area contributed by atoms with Gasteiger partial charge in [0.05, 0.1) is 0 Å². The number of benzene rings is 2. The molecule has 1 nitrogen and oxygen atoms in total. The Morgan fingerprint density at radius 2 is 1.59 bits per heavy atom. The molecule has 0 aliphatic carbocycles. The third-order valence-electron chi connectivity index (χ3n) is 2.82. The molecule has 0 radical (unpaired) electrons. The van der Waals surface area contributed by atoms with Crippen molar-refractivity contribution in [3.63, 3.8) is 0 Å². The zero-order valence-corrected chi connectivity index (χ0v) is 11.1. The first-order chi connectivity index (χ1) is 8.20. The minimum Gasteiger partial charge on any atom is -0.294 e. The van der Waals surface area contributed by atoms with Crippen LogP contribution in [-0.2, 0) is 0 Å². The minimum absolute atomic E-state index is 0.132. The van der Waals surface area contributed by atoms with Gasteiger partial charge in [-0.1, -0.05) is 71.4 Å². The Morgan fingerprint density at radius 3 is 2.24 bits per heavy atom. The highest BCUT2D eigenvalue weighted by Crippen LogP contribution is 2.27. The lowest BCUT2D eigenvalue weighted by Gasteiger charge is -2.12. The van der Waals surface area contributed by atoms with Crippen LogP contribution in [0.5, 0.6) is 0 Å². The van der Waals surface area contributed by atoms with Crippen molar-refractivity contribution in [3.05, 3.63) is 70.2 Å². The van der Waals surface area contributed by atoms with Crippen LogP contribution in [0.2, 0.25) is 0 Å². The molecule has 2 rings (SSSR count). The van der Waals surface area contributed by atoms with Crippen LogP contribution in [0.3, 0.4) is 0 Å². The summed E-state index contributed by atoms with van der Waals surface area (Å²) in [5, 5.41) is 0. The third kappa shape index (κ3) is 2.64. The molecule has 0 saturated heterocycles. The van der Waals surface area contributed by atoms with Crippen LogP contribution in [0.15, 0.2) is 59.1 Å².